The molecule has 0 atom stereocenters. The van der Waals surface area contributed by atoms with Gasteiger partial charge in [0.1, 0.15) is 5.69 Å². The molecule has 0 saturated heterocycles. The second-order valence-electron chi connectivity index (χ2n) is 4.88. The van der Waals surface area contributed by atoms with E-state index in [1.165, 1.54) is 11.0 Å². The Morgan fingerprint density at radius 3 is 2.64 bits per heavy atom. The molecule has 0 spiro atoms. The van der Waals surface area contributed by atoms with Crippen LogP contribution in [0.3, 0.4) is 0 Å². The first-order chi connectivity index (χ1) is 10.5. The van der Waals surface area contributed by atoms with Crippen LogP contribution in [-0.2, 0) is 6.42 Å². The fourth-order valence-corrected chi connectivity index (χ4v) is 3.56. The third-order valence-electron chi connectivity index (χ3n) is 3.55. The van der Waals surface area contributed by atoms with Gasteiger partial charge < -0.3 is 4.90 Å². The number of hydrogen-bond acceptors (Lipinski definition) is 3. The zero-order valence-electron chi connectivity index (χ0n) is 11.3. The quantitative estimate of drug-likeness (QED) is 0.531. The summed E-state index contributed by atoms with van der Waals surface area (Å²) in [6.07, 6.45) is 0.603. The van der Waals surface area contributed by atoms with Crippen molar-refractivity contribution in [3.05, 3.63) is 66.6 Å². The van der Waals surface area contributed by atoms with Crippen molar-refractivity contribution in [2.45, 2.75) is 6.42 Å². The number of amides is 1. The molecule has 1 amide bonds. The number of nitro groups is 1. The van der Waals surface area contributed by atoms with Crippen LogP contribution < -0.4 is 4.90 Å². The molecule has 0 N–H and O–H groups in total. The summed E-state index contributed by atoms with van der Waals surface area (Å²) in [5.41, 5.74) is 1.64. The zero-order chi connectivity index (χ0) is 15.9. The molecule has 3 rings (SSSR count). The average molecular weight is 426 g/mol. The van der Waals surface area contributed by atoms with Gasteiger partial charge in [-0.3, -0.25) is 14.9 Å². The lowest BCUT2D eigenvalue weighted by molar-refractivity contribution is -0.384. The molecule has 0 unspecified atom stereocenters. The van der Waals surface area contributed by atoms with E-state index in [1.54, 1.807) is 18.2 Å². The van der Waals surface area contributed by atoms with Crippen molar-refractivity contribution in [3.8, 4) is 0 Å². The number of carbonyl (C=O) groups is 1. The monoisotopic (exact) mass is 424 g/mol. The standard InChI is InChI=1S/C15H10Br2N2O3/c16-10-7-9-5-6-18(14(9)13(8-10)19(21)22)15(20)11-3-1-2-4-12(11)17/h1-4,7-8H,5-6H2. The first kappa shape index (κ1) is 15.2. The minimum absolute atomic E-state index is 0.0534. The summed E-state index contributed by atoms with van der Waals surface area (Å²) in [5.74, 6) is -0.239. The van der Waals surface area contributed by atoms with Crippen LogP contribution in [0.1, 0.15) is 15.9 Å². The highest BCUT2D eigenvalue weighted by Crippen LogP contribution is 2.40. The molecule has 22 heavy (non-hydrogen) atoms. The Hall–Kier alpha value is -1.73. The SMILES string of the molecule is O=C(c1ccccc1Br)N1CCc2cc(Br)cc([N+](=O)[O-])c21. The number of carbonyl (C=O) groups excluding carboxylic acids is 1. The Balaban J connectivity index is 2.10. The highest BCUT2D eigenvalue weighted by molar-refractivity contribution is 9.10. The van der Waals surface area contributed by atoms with Gasteiger partial charge in [0.05, 0.1) is 10.5 Å². The second kappa shape index (κ2) is 5.81. The van der Waals surface area contributed by atoms with Crippen LogP contribution in [0.25, 0.3) is 0 Å². The topological polar surface area (TPSA) is 63.5 Å². The van der Waals surface area contributed by atoms with Gasteiger partial charge >= 0.3 is 0 Å². The molecule has 5 nitrogen and oxygen atoms in total. The predicted octanol–water partition coefficient (Wildman–Crippen LogP) is 4.32. The van der Waals surface area contributed by atoms with E-state index < -0.39 is 4.92 Å². The van der Waals surface area contributed by atoms with E-state index >= 15 is 0 Å². The lowest BCUT2D eigenvalue weighted by Crippen LogP contribution is -2.29. The molecule has 0 aromatic heterocycles. The number of nitrogens with zero attached hydrogens (tertiary/aromatic N) is 2. The number of hydrogen-bond donors (Lipinski definition) is 0. The van der Waals surface area contributed by atoms with Crippen molar-refractivity contribution >= 4 is 49.1 Å². The van der Waals surface area contributed by atoms with E-state index in [4.69, 9.17) is 0 Å². The number of anilines is 1. The lowest BCUT2D eigenvalue weighted by atomic mass is 10.1. The molecule has 112 valence electrons. The maximum atomic E-state index is 12.8. The van der Waals surface area contributed by atoms with Crippen LogP contribution in [-0.4, -0.2) is 17.4 Å². The minimum Gasteiger partial charge on any atom is -0.302 e. The van der Waals surface area contributed by atoms with Crippen LogP contribution in [0.2, 0.25) is 0 Å². The summed E-state index contributed by atoms with van der Waals surface area (Å²) in [4.78, 5) is 25.1. The van der Waals surface area contributed by atoms with Crippen molar-refractivity contribution in [1.29, 1.82) is 0 Å². The summed E-state index contributed by atoms with van der Waals surface area (Å²) in [6, 6.07) is 10.3. The largest absolute Gasteiger partial charge is 0.302 e. The molecule has 2 aromatic carbocycles. The van der Waals surface area contributed by atoms with Gasteiger partial charge in [0.2, 0.25) is 0 Å². The first-order valence-corrected chi connectivity index (χ1v) is 8.11. The second-order valence-corrected chi connectivity index (χ2v) is 6.65. The highest BCUT2D eigenvalue weighted by atomic mass is 79.9. The average Bonchev–Trinajstić information content (AvgIpc) is 2.89. The van der Waals surface area contributed by atoms with Crippen LogP contribution in [0.15, 0.2) is 45.3 Å². The number of benzene rings is 2. The Morgan fingerprint density at radius 2 is 1.95 bits per heavy atom. The van der Waals surface area contributed by atoms with Crippen molar-refractivity contribution in [2.24, 2.45) is 0 Å². The molecule has 0 saturated carbocycles. The molecule has 0 aliphatic carbocycles. The molecular weight excluding hydrogens is 416 g/mol. The fourth-order valence-electron chi connectivity index (χ4n) is 2.61. The van der Waals surface area contributed by atoms with E-state index in [-0.39, 0.29) is 11.6 Å². The van der Waals surface area contributed by atoms with Crippen LogP contribution in [0, 0.1) is 10.1 Å². The van der Waals surface area contributed by atoms with Crippen LogP contribution in [0.5, 0.6) is 0 Å². The van der Waals surface area contributed by atoms with Gasteiger partial charge in [-0.2, -0.15) is 0 Å². The number of fused-ring (bicyclic) bond motifs is 1. The Labute approximate surface area is 143 Å². The molecule has 2 aromatic rings. The molecule has 7 heteroatoms. The van der Waals surface area contributed by atoms with Crippen LogP contribution in [0.4, 0.5) is 11.4 Å². The van der Waals surface area contributed by atoms with E-state index in [1.807, 2.05) is 12.1 Å². The van der Waals surface area contributed by atoms with Crippen molar-refractivity contribution in [3.63, 3.8) is 0 Å². The summed E-state index contributed by atoms with van der Waals surface area (Å²) >= 11 is 6.64. The van der Waals surface area contributed by atoms with Crippen molar-refractivity contribution < 1.29 is 9.72 Å². The van der Waals surface area contributed by atoms with E-state index in [0.717, 1.165) is 5.56 Å². The highest BCUT2D eigenvalue weighted by Gasteiger charge is 2.33. The maximum absolute atomic E-state index is 12.8. The Kier molecular flexibility index (Phi) is 4.01. The van der Waals surface area contributed by atoms with Gasteiger partial charge in [-0.05, 0) is 46.1 Å². The first-order valence-electron chi connectivity index (χ1n) is 6.52. The third kappa shape index (κ3) is 2.55. The normalized spacial score (nSPS) is 13.1. The van der Waals surface area contributed by atoms with Gasteiger partial charge in [0.15, 0.2) is 0 Å². The van der Waals surface area contributed by atoms with Gasteiger partial charge in [-0.25, -0.2) is 0 Å². The van der Waals surface area contributed by atoms with E-state index in [9.17, 15) is 14.9 Å². The summed E-state index contributed by atoms with van der Waals surface area (Å²) < 4.78 is 1.32. The van der Waals surface area contributed by atoms with Gasteiger partial charge in [0.25, 0.3) is 11.6 Å². The van der Waals surface area contributed by atoms with Gasteiger partial charge in [-0.15, -0.1) is 0 Å². The molecule has 1 aliphatic heterocycles. The Morgan fingerprint density at radius 1 is 1.23 bits per heavy atom. The Bertz CT molecular complexity index is 792. The van der Waals surface area contributed by atoms with Crippen molar-refractivity contribution in [1.82, 2.24) is 0 Å². The minimum atomic E-state index is -0.449. The summed E-state index contributed by atoms with van der Waals surface area (Å²) in [5, 5.41) is 11.3. The molecule has 0 fully saturated rings. The number of nitro benzene ring substituents is 1. The lowest BCUT2D eigenvalue weighted by Gasteiger charge is -2.18. The van der Waals surface area contributed by atoms with E-state index in [2.05, 4.69) is 31.9 Å². The number of rotatable bonds is 2. The maximum Gasteiger partial charge on any atom is 0.294 e. The van der Waals surface area contributed by atoms with Gasteiger partial charge in [0, 0.05) is 21.6 Å². The van der Waals surface area contributed by atoms with Gasteiger partial charge in [-0.1, -0.05) is 28.1 Å². The van der Waals surface area contributed by atoms with Crippen molar-refractivity contribution in [2.75, 3.05) is 11.4 Å². The molecule has 0 bridgehead atoms. The van der Waals surface area contributed by atoms with E-state index in [0.29, 0.717) is 33.2 Å². The molecular formula is C15H10Br2N2O3. The predicted molar refractivity (Wildman–Crippen MR) is 90.3 cm³/mol. The zero-order valence-corrected chi connectivity index (χ0v) is 14.4. The third-order valence-corrected chi connectivity index (χ3v) is 4.70. The molecule has 1 aliphatic rings. The smallest absolute Gasteiger partial charge is 0.294 e. The molecule has 0 radical (unpaired) electrons. The fraction of sp³-hybridized carbons (Fsp3) is 0.133. The van der Waals surface area contributed by atoms with Crippen LogP contribution >= 0.6 is 31.9 Å². The molecule has 1 heterocycles. The number of halogens is 2. The summed E-state index contributed by atoms with van der Waals surface area (Å²) in [7, 11) is 0. The summed E-state index contributed by atoms with van der Waals surface area (Å²) in [6.45, 7) is 0.437.